The van der Waals surface area contributed by atoms with E-state index in [0.29, 0.717) is 6.04 Å². The summed E-state index contributed by atoms with van der Waals surface area (Å²) in [7, 11) is 0. The van der Waals surface area contributed by atoms with E-state index in [0.717, 1.165) is 55.1 Å². The molecule has 0 saturated carbocycles. The molecule has 132 valence electrons. The number of aldehydes is 1. The summed E-state index contributed by atoms with van der Waals surface area (Å²) in [6, 6.07) is 12.6. The summed E-state index contributed by atoms with van der Waals surface area (Å²) < 4.78 is 0. The van der Waals surface area contributed by atoms with Crippen LogP contribution in [0, 0.1) is 0 Å². The number of hydrogen-bond acceptors (Lipinski definition) is 5. The van der Waals surface area contributed by atoms with E-state index in [4.69, 9.17) is 0 Å². The second-order valence-electron chi connectivity index (χ2n) is 6.94. The van der Waals surface area contributed by atoms with Crippen molar-refractivity contribution in [3.8, 4) is 11.3 Å². The summed E-state index contributed by atoms with van der Waals surface area (Å²) in [5.74, 6) is 0.866. The molecule has 0 spiro atoms. The molecule has 3 rings (SSSR count). The molecule has 1 atom stereocenters. The molecule has 0 bridgehead atoms. The van der Waals surface area contributed by atoms with E-state index in [2.05, 4.69) is 39.9 Å². The number of benzene rings is 1. The van der Waals surface area contributed by atoms with Gasteiger partial charge >= 0.3 is 0 Å². The molecule has 1 unspecified atom stereocenters. The molecule has 5 heteroatoms. The largest absolute Gasteiger partial charge is 0.353 e. The van der Waals surface area contributed by atoms with Gasteiger partial charge in [0.2, 0.25) is 0 Å². The number of piperazine rings is 1. The van der Waals surface area contributed by atoms with E-state index in [1.807, 2.05) is 37.3 Å². The summed E-state index contributed by atoms with van der Waals surface area (Å²) in [6.45, 7) is 10.5. The number of hydrogen-bond donors (Lipinski definition) is 0. The molecule has 2 heterocycles. The van der Waals surface area contributed by atoms with Gasteiger partial charge in [0.1, 0.15) is 6.29 Å². The molecule has 0 radical (unpaired) electrons. The fourth-order valence-electron chi connectivity index (χ4n) is 3.15. The molecule has 1 aromatic heterocycles. The van der Waals surface area contributed by atoms with Gasteiger partial charge in [-0.3, -0.25) is 4.90 Å². The summed E-state index contributed by atoms with van der Waals surface area (Å²) in [4.78, 5) is 15.7. The molecule has 1 aromatic carbocycles. The van der Waals surface area contributed by atoms with Crippen molar-refractivity contribution in [2.45, 2.75) is 32.7 Å². The lowest BCUT2D eigenvalue weighted by atomic mass is 10.0. The first kappa shape index (κ1) is 17.5. The van der Waals surface area contributed by atoms with Crippen molar-refractivity contribution in [1.29, 1.82) is 0 Å². The zero-order chi connectivity index (χ0) is 17.8. The third-order valence-corrected chi connectivity index (χ3v) is 4.96. The fourth-order valence-corrected chi connectivity index (χ4v) is 3.15. The van der Waals surface area contributed by atoms with Gasteiger partial charge in [0.15, 0.2) is 5.82 Å². The highest BCUT2D eigenvalue weighted by molar-refractivity contribution is 5.64. The standard InChI is InChI=1S/C20H26N4O/c1-15(2)23-10-12-24(13-11-23)20-9-8-19(21-22-20)18-6-4-17(5-7-18)16(3)14-25/h4-9,14-16H,10-13H2,1-3H3. The Morgan fingerprint density at radius 1 is 0.920 bits per heavy atom. The van der Waals surface area contributed by atoms with E-state index in [1.54, 1.807) is 0 Å². The highest BCUT2D eigenvalue weighted by Crippen LogP contribution is 2.22. The van der Waals surface area contributed by atoms with Crippen LogP contribution in [0.15, 0.2) is 36.4 Å². The quantitative estimate of drug-likeness (QED) is 0.785. The van der Waals surface area contributed by atoms with E-state index in [1.165, 1.54) is 0 Å². The van der Waals surface area contributed by atoms with E-state index in [9.17, 15) is 4.79 Å². The molecule has 0 N–H and O–H groups in total. The Labute approximate surface area is 149 Å². The molecular weight excluding hydrogens is 312 g/mol. The van der Waals surface area contributed by atoms with Gasteiger partial charge in [-0.1, -0.05) is 31.2 Å². The lowest BCUT2D eigenvalue weighted by Crippen LogP contribution is -2.49. The number of rotatable bonds is 5. The number of nitrogens with zero attached hydrogens (tertiary/aromatic N) is 4. The number of carbonyl (C=O) groups is 1. The van der Waals surface area contributed by atoms with Crippen LogP contribution in [0.25, 0.3) is 11.3 Å². The van der Waals surface area contributed by atoms with Crippen molar-refractivity contribution in [2.24, 2.45) is 0 Å². The van der Waals surface area contributed by atoms with Crippen LogP contribution in [-0.2, 0) is 4.79 Å². The van der Waals surface area contributed by atoms with Crippen molar-refractivity contribution in [3.63, 3.8) is 0 Å². The first-order valence-electron chi connectivity index (χ1n) is 8.97. The summed E-state index contributed by atoms with van der Waals surface area (Å²) in [5.41, 5.74) is 2.90. The van der Waals surface area contributed by atoms with Crippen LogP contribution >= 0.6 is 0 Å². The number of anilines is 1. The average Bonchev–Trinajstić information content (AvgIpc) is 2.67. The topological polar surface area (TPSA) is 49.3 Å². The van der Waals surface area contributed by atoms with Crippen LogP contribution in [0.5, 0.6) is 0 Å². The SMILES string of the molecule is CC(C=O)c1ccc(-c2ccc(N3CCN(C(C)C)CC3)nn2)cc1. The third-order valence-electron chi connectivity index (χ3n) is 4.96. The maximum absolute atomic E-state index is 10.9. The number of aromatic nitrogens is 2. The van der Waals surface area contributed by atoms with Crippen molar-refractivity contribution in [1.82, 2.24) is 15.1 Å². The highest BCUT2D eigenvalue weighted by atomic mass is 16.1. The van der Waals surface area contributed by atoms with E-state index < -0.39 is 0 Å². The lowest BCUT2D eigenvalue weighted by molar-refractivity contribution is -0.108. The highest BCUT2D eigenvalue weighted by Gasteiger charge is 2.20. The van der Waals surface area contributed by atoms with Gasteiger partial charge in [-0.05, 0) is 31.5 Å². The smallest absolute Gasteiger partial charge is 0.151 e. The molecule has 0 amide bonds. The van der Waals surface area contributed by atoms with Crippen LogP contribution in [0.2, 0.25) is 0 Å². The molecule has 0 aliphatic carbocycles. The van der Waals surface area contributed by atoms with Crippen molar-refractivity contribution >= 4 is 12.1 Å². The van der Waals surface area contributed by atoms with Gasteiger partial charge < -0.3 is 9.69 Å². The van der Waals surface area contributed by atoms with Gasteiger partial charge in [-0.25, -0.2) is 0 Å². The van der Waals surface area contributed by atoms with Crippen LogP contribution in [0.4, 0.5) is 5.82 Å². The van der Waals surface area contributed by atoms with E-state index >= 15 is 0 Å². The Bertz CT molecular complexity index is 689. The van der Waals surface area contributed by atoms with Crippen LogP contribution < -0.4 is 4.90 Å². The molecule has 1 aliphatic rings. The van der Waals surface area contributed by atoms with Crippen molar-refractivity contribution in [3.05, 3.63) is 42.0 Å². The Morgan fingerprint density at radius 3 is 2.12 bits per heavy atom. The predicted octanol–water partition coefficient (Wildman–Crippen LogP) is 2.98. The summed E-state index contributed by atoms with van der Waals surface area (Å²) >= 11 is 0. The normalized spacial score (nSPS) is 16.9. The van der Waals surface area contributed by atoms with Crippen LogP contribution in [0.1, 0.15) is 32.3 Å². The van der Waals surface area contributed by atoms with Gasteiger partial charge in [0.05, 0.1) is 5.69 Å². The first-order valence-corrected chi connectivity index (χ1v) is 8.97. The van der Waals surface area contributed by atoms with Crippen LogP contribution in [-0.4, -0.2) is 53.6 Å². The minimum Gasteiger partial charge on any atom is -0.353 e. The fraction of sp³-hybridized carbons (Fsp3) is 0.450. The summed E-state index contributed by atoms with van der Waals surface area (Å²) in [5, 5.41) is 8.82. The third kappa shape index (κ3) is 4.04. The molecule has 1 aliphatic heterocycles. The molecule has 5 nitrogen and oxygen atoms in total. The minimum atomic E-state index is -0.0768. The molecule has 1 fully saturated rings. The zero-order valence-electron chi connectivity index (χ0n) is 15.2. The van der Waals surface area contributed by atoms with Gasteiger partial charge in [0.25, 0.3) is 0 Å². The number of carbonyl (C=O) groups excluding carboxylic acids is 1. The molecular formula is C20H26N4O. The predicted molar refractivity (Wildman–Crippen MR) is 101 cm³/mol. The Kier molecular flexibility index (Phi) is 5.43. The molecule has 2 aromatic rings. The molecule has 1 saturated heterocycles. The van der Waals surface area contributed by atoms with Gasteiger partial charge in [-0.15, -0.1) is 10.2 Å². The molecule has 25 heavy (non-hydrogen) atoms. The van der Waals surface area contributed by atoms with Crippen molar-refractivity contribution < 1.29 is 4.79 Å². The Hall–Kier alpha value is -2.27. The zero-order valence-corrected chi connectivity index (χ0v) is 15.2. The lowest BCUT2D eigenvalue weighted by Gasteiger charge is -2.37. The second-order valence-corrected chi connectivity index (χ2v) is 6.94. The van der Waals surface area contributed by atoms with E-state index in [-0.39, 0.29) is 5.92 Å². The minimum absolute atomic E-state index is 0.0768. The Balaban J connectivity index is 1.67. The maximum Gasteiger partial charge on any atom is 0.151 e. The van der Waals surface area contributed by atoms with Crippen LogP contribution in [0.3, 0.4) is 0 Å². The monoisotopic (exact) mass is 338 g/mol. The Morgan fingerprint density at radius 2 is 1.60 bits per heavy atom. The summed E-state index contributed by atoms with van der Waals surface area (Å²) in [6.07, 6.45) is 0.961. The van der Waals surface area contributed by atoms with Gasteiger partial charge in [0, 0.05) is 43.7 Å². The maximum atomic E-state index is 10.9. The van der Waals surface area contributed by atoms with Crippen molar-refractivity contribution in [2.75, 3.05) is 31.1 Å². The second kappa shape index (κ2) is 7.74. The first-order chi connectivity index (χ1) is 12.1. The average molecular weight is 338 g/mol. The van der Waals surface area contributed by atoms with Gasteiger partial charge in [-0.2, -0.15) is 0 Å².